The molecule has 25 heavy (non-hydrogen) atoms. The predicted octanol–water partition coefficient (Wildman–Crippen LogP) is 4.34. The number of halogens is 1. The summed E-state index contributed by atoms with van der Waals surface area (Å²) in [4.78, 5) is 18.9. The molecule has 0 amide bonds. The molecular weight excluding hydrogens is 319 g/mol. The van der Waals surface area contributed by atoms with Crippen LogP contribution in [-0.4, -0.2) is 29.1 Å². The number of carboxylic acid groups (broad SMARTS) is 1. The van der Waals surface area contributed by atoms with Crippen LogP contribution in [0.5, 0.6) is 0 Å². The second-order valence-corrected chi connectivity index (χ2v) is 6.21. The third-order valence-corrected chi connectivity index (χ3v) is 4.60. The Bertz CT molecular complexity index is 951. The van der Waals surface area contributed by atoms with Crippen molar-refractivity contribution >= 4 is 22.6 Å². The molecule has 0 atom stereocenters. The van der Waals surface area contributed by atoms with Gasteiger partial charge in [-0.1, -0.05) is 30.3 Å². The first-order valence-corrected chi connectivity index (χ1v) is 8.32. The number of anilines is 1. The summed E-state index contributed by atoms with van der Waals surface area (Å²) in [7, 11) is 0. The number of benzene rings is 2. The van der Waals surface area contributed by atoms with E-state index in [1.54, 1.807) is 0 Å². The summed E-state index contributed by atoms with van der Waals surface area (Å²) >= 11 is 0. The van der Waals surface area contributed by atoms with Crippen molar-refractivity contribution in [3.05, 3.63) is 59.9 Å². The number of aromatic carboxylic acids is 1. The van der Waals surface area contributed by atoms with Crippen molar-refractivity contribution in [3.63, 3.8) is 0 Å². The number of pyridine rings is 1. The van der Waals surface area contributed by atoms with E-state index >= 15 is 0 Å². The van der Waals surface area contributed by atoms with Gasteiger partial charge >= 0.3 is 5.97 Å². The SMILES string of the molecule is O=C(O)c1c(N2CCCC2)c(-c2ccccc2)nc2ccc(F)cc12. The molecule has 0 saturated carbocycles. The number of carbonyl (C=O) groups is 1. The second kappa shape index (κ2) is 6.16. The molecule has 0 radical (unpaired) electrons. The third kappa shape index (κ3) is 2.71. The average molecular weight is 336 g/mol. The van der Waals surface area contributed by atoms with E-state index in [9.17, 15) is 14.3 Å². The van der Waals surface area contributed by atoms with Gasteiger partial charge in [0, 0.05) is 24.0 Å². The molecule has 0 unspecified atom stereocenters. The van der Waals surface area contributed by atoms with Crippen LogP contribution in [0.4, 0.5) is 10.1 Å². The van der Waals surface area contributed by atoms with Crippen LogP contribution in [0.2, 0.25) is 0 Å². The van der Waals surface area contributed by atoms with Gasteiger partial charge in [0.05, 0.1) is 22.5 Å². The standard InChI is InChI=1S/C20H17FN2O2/c21-14-8-9-16-15(12-14)17(20(24)25)19(23-10-4-5-11-23)18(22-16)13-6-2-1-3-7-13/h1-3,6-9,12H,4-5,10-11H2,(H,24,25). The number of hydrogen-bond donors (Lipinski definition) is 1. The third-order valence-electron chi connectivity index (χ3n) is 4.60. The van der Waals surface area contributed by atoms with Crippen LogP contribution in [-0.2, 0) is 0 Å². The molecule has 2 heterocycles. The van der Waals surface area contributed by atoms with Gasteiger partial charge in [-0.05, 0) is 31.0 Å². The minimum absolute atomic E-state index is 0.130. The van der Waals surface area contributed by atoms with E-state index < -0.39 is 11.8 Å². The van der Waals surface area contributed by atoms with Crippen molar-refractivity contribution in [1.82, 2.24) is 4.98 Å². The number of carboxylic acids is 1. The van der Waals surface area contributed by atoms with Crippen molar-refractivity contribution in [2.24, 2.45) is 0 Å². The molecule has 0 aliphatic carbocycles. The van der Waals surface area contributed by atoms with E-state index in [4.69, 9.17) is 4.98 Å². The summed E-state index contributed by atoms with van der Waals surface area (Å²) in [5.74, 6) is -1.52. The van der Waals surface area contributed by atoms with Crippen molar-refractivity contribution in [2.45, 2.75) is 12.8 Å². The minimum Gasteiger partial charge on any atom is -0.478 e. The van der Waals surface area contributed by atoms with E-state index in [1.165, 1.54) is 18.2 Å². The Morgan fingerprint density at radius 1 is 1.08 bits per heavy atom. The number of rotatable bonds is 3. The molecular formula is C20H17FN2O2. The van der Waals surface area contributed by atoms with Crippen molar-refractivity contribution in [1.29, 1.82) is 0 Å². The monoisotopic (exact) mass is 336 g/mol. The Morgan fingerprint density at radius 2 is 1.80 bits per heavy atom. The highest BCUT2D eigenvalue weighted by molar-refractivity contribution is 6.10. The number of aromatic nitrogens is 1. The lowest BCUT2D eigenvalue weighted by Crippen LogP contribution is -2.22. The molecule has 2 aromatic carbocycles. The summed E-state index contributed by atoms with van der Waals surface area (Å²) in [5.41, 5.74) is 2.71. The molecule has 4 rings (SSSR count). The Kier molecular flexibility index (Phi) is 3.84. The average Bonchev–Trinajstić information content (AvgIpc) is 3.15. The van der Waals surface area contributed by atoms with Gasteiger partial charge in [0.2, 0.25) is 0 Å². The van der Waals surface area contributed by atoms with Gasteiger partial charge in [-0.3, -0.25) is 0 Å². The summed E-state index contributed by atoms with van der Waals surface area (Å²) in [6.45, 7) is 1.56. The van der Waals surface area contributed by atoms with E-state index in [1.807, 2.05) is 30.3 Å². The summed E-state index contributed by atoms with van der Waals surface area (Å²) in [5, 5.41) is 10.3. The van der Waals surface area contributed by atoms with Gasteiger partial charge in [0.15, 0.2) is 0 Å². The quantitative estimate of drug-likeness (QED) is 0.773. The highest BCUT2D eigenvalue weighted by atomic mass is 19.1. The van der Waals surface area contributed by atoms with E-state index in [2.05, 4.69) is 4.90 Å². The highest BCUT2D eigenvalue weighted by Crippen LogP contribution is 2.38. The molecule has 1 fully saturated rings. The summed E-state index contributed by atoms with van der Waals surface area (Å²) < 4.78 is 13.8. The van der Waals surface area contributed by atoms with Crippen LogP contribution >= 0.6 is 0 Å². The van der Waals surface area contributed by atoms with Crippen LogP contribution in [0.3, 0.4) is 0 Å². The maximum absolute atomic E-state index is 13.8. The van der Waals surface area contributed by atoms with Crippen molar-refractivity contribution < 1.29 is 14.3 Å². The number of nitrogens with zero attached hydrogens (tertiary/aromatic N) is 2. The molecule has 126 valence electrons. The van der Waals surface area contributed by atoms with Gasteiger partial charge in [-0.25, -0.2) is 14.2 Å². The Morgan fingerprint density at radius 3 is 2.48 bits per heavy atom. The largest absolute Gasteiger partial charge is 0.478 e. The van der Waals surface area contributed by atoms with Crippen LogP contribution < -0.4 is 4.90 Å². The Balaban J connectivity index is 2.10. The summed E-state index contributed by atoms with van der Waals surface area (Å²) in [6, 6.07) is 13.7. The second-order valence-electron chi connectivity index (χ2n) is 6.21. The normalized spacial score (nSPS) is 14.2. The molecule has 1 N–H and O–H groups in total. The zero-order chi connectivity index (χ0) is 17.4. The zero-order valence-electron chi connectivity index (χ0n) is 13.6. The Labute approximate surface area is 144 Å². The first-order chi connectivity index (χ1) is 12.1. The minimum atomic E-state index is -1.06. The first kappa shape index (κ1) is 15.6. The van der Waals surface area contributed by atoms with Crippen LogP contribution in [0.15, 0.2) is 48.5 Å². The number of hydrogen-bond acceptors (Lipinski definition) is 3. The smallest absolute Gasteiger partial charge is 0.338 e. The fourth-order valence-corrected chi connectivity index (χ4v) is 3.49. The number of fused-ring (bicyclic) bond motifs is 1. The molecule has 1 aliphatic rings. The van der Waals surface area contributed by atoms with Gasteiger partial charge < -0.3 is 10.0 Å². The molecule has 0 spiro atoms. The van der Waals surface area contributed by atoms with Crippen LogP contribution in [0.25, 0.3) is 22.2 Å². The van der Waals surface area contributed by atoms with Gasteiger partial charge in [-0.2, -0.15) is 0 Å². The zero-order valence-corrected chi connectivity index (χ0v) is 13.6. The predicted molar refractivity (Wildman–Crippen MR) is 95.5 cm³/mol. The first-order valence-electron chi connectivity index (χ1n) is 8.32. The molecule has 1 aromatic heterocycles. The molecule has 3 aromatic rings. The lowest BCUT2D eigenvalue weighted by atomic mass is 10.00. The molecule has 4 nitrogen and oxygen atoms in total. The molecule has 1 saturated heterocycles. The molecule has 5 heteroatoms. The fraction of sp³-hybridized carbons (Fsp3) is 0.200. The highest BCUT2D eigenvalue weighted by Gasteiger charge is 2.27. The fourth-order valence-electron chi connectivity index (χ4n) is 3.49. The lowest BCUT2D eigenvalue weighted by molar-refractivity contribution is 0.0699. The lowest BCUT2D eigenvalue weighted by Gasteiger charge is -2.24. The van der Waals surface area contributed by atoms with Crippen LogP contribution in [0, 0.1) is 5.82 Å². The van der Waals surface area contributed by atoms with Crippen LogP contribution in [0.1, 0.15) is 23.2 Å². The molecule has 1 aliphatic heterocycles. The Hall–Kier alpha value is -2.95. The van der Waals surface area contributed by atoms with Gasteiger partial charge in [-0.15, -0.1) is 0 Å². The van der Waals surface area contributed by atoms with Crippen molar-refractivity contribution in [2.75, 3.05) is 18.0 Å². The van der Waals surface area contributed by atoms with Crippen molar-refractivity contribution in [3.8, 4) is 11.3 Å². The topological polar surface area (TPSA) is 53.4 Å². The maximum Gasteiger partial charge on any atom is 0.338 e. The maximum atomic E-state index is 13.8. The van der Waals surface area contributed by atoms with E-state index in [0.717, 1.165) is 31.5 Å². The molecule has 0 bridgehead atoms. The van der Waals surface area contributed by atoms with Gasteiger partial charge in [0.25, 0.3) is 0 Å². The van der Waals surface area contributed by atoms with Gasteiger partial charge in [0.1, 0.15) is 5.82 Å². The van der Waals surface area contributed by atoms with E-state index in [-0.39, 0.29) is 5.56 Å². The van der Waals surface area contributed by atoms with E-state index in [0.29, 0.717) is 22.3 Å². The summed E-state index contributed by atoms with van der Waals surface area (Å²) in [6.07, 6.45) is 2.02.